The highest BCUT2D eigenvalue weighted by molar-refractivity contribution is 7.99. The molecule has 100 valence electrons. The molecule has 0 radical (unpaired) electrons. The molecule has 0 aromatic heterocycles. The number of hydrogen-bond donors (Lipinski definition) is 3. The fraction of sp³-hybridized carbons (Fsp3) is 0.917. The van der Waals surface area contributed by atoms with E-state index in [1.54, 1.807) is 0 Å². The van der Waals surface area contributed by atoms with Crippen LogP contribution in [0.4, 0.5) is 0 Å². The molecular weight excluding hydrogens is 236 g/mol. The normalized spacial score (nSPS) is 21.2. The summed E-state index contributed by atoms with van der Waals surface area (Å²) in [5.41, 5.74) is -0.432. The van der Waals surface area contributed by atoms with Gasteiger partial charge in [0.2, 0.25) is 5.91 Å². The number of rotatable bonds is 6. The van der Waals surface area contributed by atoms with Crippen molar-refractivity contribution in [3.8, 4) is 0 Å². The minimum Gasteiger partial charge on any atom is -0.394 e. The van der Waals surface area contributed by atoms with Gasteiger partial charge in [-0.25, -0.2) is 0 Å². The predicted molar refractivity (Wildman–Crippen MR) is 72.3 cm³/mol. The van der Waals surface area contributed by atoms with Crippen LogP contribution in [0.5, 0.6) is 0 Å². The van der Waals surface area contributed by atoms with Gasteiger partial charge in [0.25, 0.3) is 0 Å². The van der Waals surface area contributed by atoms with Crippen LogP contribution < -0.4 is 10.6 Å². The quantitative estimate of drug-likeness (QED) is 0.659. The summed E-state index contributed by atoms with van der Waals surface area (Å²) in [4.78, 5) is 11.9. The van der Waals surface area contributed by atoms with Crippen molar-refractivity contribution in [1.29, 1.82) is 0 Å². The molecule has 0 bridgehead atoms. The second kappa shape index (κ2) is 7.24. The van der Waals surface area contributed by atoms with Crippen molar-refractivity contribution < 1.29 is 9.90 Å². The van der Waals surface area contributed by atoms with Crippen LogP contribution in [0, 0.1) is 0 Å². The van der Waals surface area contributed by atoms with Gasteiger partial charge in [0, 0.05) is 30.5 Å². The Morgan fingerprint density at radius 2 is 2.24 bits per heavy atom. The summed E-state index contributed by atoms with van der Waals surface area (Å²) in [5, 5.41) is 15.7. The number of thioether (sulfide) groups is 1. The predicted octanol–water partition coefficient (Wildman–Crippen LogP) is 0.749. The summed E-state index contributed by atoms with van der Waals surface area (Å²) >= 11 is 1.89. The smallest absolute Gasteiger partial charge is 0.222 e. The highest BCUT2D eigenvalue weighted by Crippen LogP contribution is 2.15. The highest BCUT2D eigenvalue weighted by Gasteiger charge is 2.28. The Kier molecular flexibility index (Phi) is 6.30. The second-order valence-electron chi connectivity index (χ2n) is 4.62. The molecule has 4 nitrogen and oxygen atoms in total. The molecule has 5 heteroatoms. The second-order valence-corrected chi connectivity index (χ2v) is 5.77. The first-order valence-corrected chi connectivity index (χ1v) is 7.54. The Labute approximate surface area is 108 Å². The molecule has 1 rings (SSSR count). The maximum atomic E-state index is 11.9. The number of aliphatic hydroxyl groups is 1. The molecular formula is C12H24N2O2S. The van der Waals surface area contributed by atoms with Gasteiger partial charge in [-0.15, -0.1) is 0 Å². The molecule has 0 aliphatic carbocycles. The summed E-state index contributed by atoms with van der Waals surface area (Å²) < 4.78 is 0. The van der Waals surface area contributed by atoms with E-state index in [0.29, 0.717) is 6.42 Å². The molecule has 0 spiro atoms. The number of amides is 1. The number of nitrogens with one attached hydrogen (secondary N) is 2. The van der Waals surface area contributed by atoms with Crippen LogP contribution in [-0.2, 0) is 4.79 Å². The summed E-state index contributed by atoms with van der Waals surface area (Å²) in [6.07, 6.45) is 2.03. The van der Waals surface area contributed by atoms with Crippen molar-refractivity contribution in [1.82, 2.24) is 10.6 Å². The van der Waals surface area contributed by atoms with Crippen molar-refractivity contribution in [3.63, 3.8) is 0 Å². The number of aliphatic hydroxyl groups excluding tert-OH is 1. The average Bonchev–Trinajstić information content (AvgIpc) is 2.37. The number of carbonyl (C=O) groups is 1. The minimum atomic E-state index is -0.432. The van der Waals surface area contributed by atoms with Crippen LogP contribution in [0.3, 0.4) is 0 Å². The lowest BCUT2D eigenvalue weighted by molar-refractivity contribution is -0.124. The largest absolute Gasteiger partial charge is 0.394 e. The third-order valence-corrected chi connectivity index (χ3v) is 4.62. The van der Waals surface area contributed by atoms with Gasteiger partial charge < -0.3 is 15.7 Å². The van der Waals surface area contributed by atoms with Crippen molar-refractivity contribution in [3.05, 3.63) is 0 Å². The van der Waals surface area contributed by atoms with Crippen molar-refractivity contribution in [2.75, 3.05) is 24.7 Å². The lowest BCUT2D eigenvalue weighted by atomic mass is 9.93. The summed E-state index contributed by atoms with van der Waals surface area (Å²) in [6, 6.07) is 0.277. The van der Waals surface area contributed by atoms with E-state index >= 15 is 0 Å². The van der Waals surface area contributed by atoms with Crippen LogP contribution in [0.1, 0.15) is 33.1 Å². The minimum absolute atomic E-state index is 0.0125. The summed E-state index contributed by atoms with van der Waals surface area (Å²) in [7, 11) is 0. The first-order valence-electron chi connectivity index (χ1n) is 6.38. The zero-order valence-electron chi connectivity index (χ0n) is 10.8. The number of carbonyl (C=O) groups excluding carboxylic acids is 1. The SMILES string of the molecule is CCC(CC)(CO)NC(=O)CC1CSCCN1. The van der Waals surface area contributed by atoms with Gasteiger partial charge in [-0.1, -0.05) is 13.8 Å². The maximum absolute atomic E-state index is 11.9. The number of hydrogen-bond acceptors (Lipinski definition) is 4. The van der Waals surface area contributed by atoms with Crippen LogP contribution in [0.2, 0.25) is 0 Å². The zero-order valence-corrected chi connectivity index (χ0v) is 11.6. The van der Waals surface area contributed by atoms with Gasteiger partial charge in [0.05, 0.1) is 12.1 Å². The van der Waals surface area contributed by atoms with E-state index < -0.39 is 5.54 Å². The van der Waals surface area contributed by atoms with Crippen molar-refractivity contribution in [2.24, 2.45) is 0 Å². The van der Waals surface area contributed by atoms with Gasteiger partial charge in [-0.2, -0.15) is 11.8 Å². The molecule has 0 saturated carbocycles. The Balaban J connectivity index is 2.41. The van der Waals surface area contributed by atoms with Gasteiger partial charge in [0.15, 0.2) is 0 Å². The molecule has 1 fully saturated rings. The van der Waals surface area contributed by atoms with E-state index in [0.717, 1.165) is 30.9 Å². The van der Waals surface area contributed by atoms with E-state index in [-0.39, 0.29) is 18.6 Å². The lowest BCUT2D eigenvalue weighted by Gasteiger charge is -2.32. The fourth-order valence-corrected chi connectivity index (χ4v) is 2.96. The molecule has 1 saturated heterocycles. The molecule has 17 heavy (non-hydrogen) atoms. The lowest BCUT2D eigenvalue weighted by Crippen LogP contribution is -2.52. The zero-order chi connectivity index (χ0) is 12.7. The Morgan fingerprint density at radius 1 is 1.53 bits per heavy atom. The van der Waals surface area contributed by atoms with E-state index in [9.17, 15) is 9.90 Å². The molecule has 1 amide bonds. The standard InChI is InChI=1S/C12H24N2O2S/c1-3-12(4-2,9-15)14-11(16)7-10-8-17-6-5-13-10/h10,13,15H,3-9H2,1-2H3,(H,14,16). The molecule has 1 atom stereocenters. The molecule has 1 aliphatic heterocycles. The van der Waals surface area contributed by atoms with E-state index in [4.69, 9.17) is 0 Å². The molecule has 0 aromatic carbocycles. The average molecular weight is 260 g/mol. The van der Waals surface area contributed by atoms with Crippen molar-refractivity contribution in [2.45, 2.75) is 44.7 Å². The molecule has 1 unspecified atom stereocenters. The van der Waals surface area contributed by atoms with E-state index in [2.05, 4.69) is 10.6 Å². The maximum Gasteiger partial charge on any atom is 0.222 e. The van der Waals surface area contributed by atoms with Crippen LogP contribution >= 0.6 is 11.8 Å². The highest BCUT2D eigenvalue weighted by atomic mass is 32.2. The first-order chi connectivity index (χ1) is 8.15. The first kappa shape index (κ1) is 14.8. The van der Waals surface area contributed by atoms with Crippen LogP contribution in [0.25, 0.3) is 0 Å². The summed E-state index contributed by atoms with van der Waals surface area (Å²) in [6.45, 7) is 4.98. The van der Waals surface area contributed by atoms with Gasteiger partial charge in [0.1, 0.15) is 0 Å². The van der Waals surface area contributed by atoms with E-state index in [1.165, 1.54) is 0 Å². The van der Waals surface area contributed by atoms with Crippen molar-refractivity contribution >= 4 is 17.7 Å². The summed E-state index contributed by atoms with van der Waals surface area (Å²) in [5.74, 6) is 2.17. The third-order valence-electron chi connectivity index (χ3n) is 3.49. The third kappa shape index (κ3) is 4.48. The molecule has 0 aromatic rings. The Bertz CT molecular complexity index is 230. The van der Waals surface area contributed by atoms with Gasteiger partial charge >= 0.3 is 0 Å². The Morgan fingerprint density at radius 3 is 2.71 bits per heavy atom. The monoisotopic (exact) mass is 260 g/mol. The molecule has 1 heterocycles. The van der Waals surface area contributed by atoms with Crippen LogP contribution in [-0.4, -0.2) is 47.3 Å². The fourth-order valence-electron chi connectivity index (χ4n) is 2.01. The molecule has 3 N–H and O–H groups in total. The van der Waals surface area contributed by atoms with E-state index in [1.807, 2.05) is 25.6 Å². The Hall–Kier alpha value is -0.260. The molecule has 1 aliphatic rings. The van der Waals surface area contributed by atoms with Gasteiger partial charge in [-0.3, -0.25) is 4.79 Å². The topological polar surface area (TPSA) is 61.4 Å². The van der Waals surface area contributed by atoms with Gasteiger partial charge in [-0.05, 0) is 12.8 Å². The van der Waals surface area contributed by atoms with Crippen LogP contribution in [0.15, 0.2) is 0 Å².